The number of benzene rings is 2. The van der Waals surface area contributed by atoms with E-state index in [1.807, 2.05) is 36.1 Å². The van der Waals surface area contributed by atoms with Gasteiger partial charge in [-0.1, -0.05) is 29.8 Å². The molecule has 0 unspecified atom stereocenters. The van der Waals surface area contributed by atoms with Gasteiger partial charge in [0.2, 0.25) is 5.91 Å². The van der Waals surface area contributed by atoms with Crippen molar-refractivity contribution >= 4 is 23.4 Å². The van der Waals surface area contributed by atoms with Gasteiger partial charge in [0.15, 0.2) is 6.61 Å². The summed E-state index contributed by atoms with van der Waals surface area (Å²) in [7, 11) is 0. The van der Waals surface area contributed by atoms with Gasteiger partial charge in [0, 0.05) is 30.6 Å². The highest BCUT2D eigenvalue weighted by Crippen LogP contribution is 2.18. The number of likely N-dealkylation sites (tertiary alicyclic amines) is 1. The molecule has 1 saturated heterocycles. The number of rotatable bonds is 9. The topological polar surface area (TPSA) is 67.9 Å². The molecule has 31 heavy (non-hydrogen) atoms. The molecule has 0 atom stereocenters. The number of nitrogens with one attached hydrogen (secondary N) is 1. The quantitative estimate of drug-likeness (QED) is 0.594. The molecule has 3 rings (SSSR count). The Morgan fingerprint density at radius 3 is 2.48 bits per heavy atom. The fourth-order valence-corrected chi connectivity index (χ4v) is 3.63. The maximum absolute atomic E-state index is 12.4. The lowest BCUT2D eigenvalue weighted by Gasteiger charge is -2.32. The predicted octanol–water partition coefficient (Wildman–Crippen LogP) is 3.99. The second-order valence-electron chi connectivity index (χ2n) is 7.68. The summed E-state index contributed by atoms with van der Waals surface area (Å²) in [5.41, 5.74) is 1.09. The maximum Gasteiger partial charge on any atom is 0.258 e. The minimum atomic E-state index is -0.159. The number of amides is 2. The minimum absolute atomic E-state index is 0.0400. The smallest absolute Gasteiger partial charge is 0.258 e. The Morgan fingerprint density at radius 2 is 1.77 bits per heavy atom. The molecule has 0 bridgehead atoms. The van der Waals surface area contributed by atoms with E-state index in [9.17, 15) is 9.59 Å². The third-order valence-corrected chi connectivity index (χ3v) is 5.53. The van der Waals surface area contributed by atoms with E-state index >= 15 is 0 Å². The van der Waals surface area contributed by atoms with Gasteiger partial charge in [-0.05, 0) is 62.1 Å². The molecule has 1 aliphatic rings. The van der Waals surface area contributed by atoms with Crippen LogP contribution < -0.4 is 14.8 Å². The van der Waals surface area contributed by atoms with E-state index < -0.39 is 0 Å². The van der Waals surface area contributed by atoms with Crippen molar-refractivity contribution in [2.75, 3.05) is 26.3 Å². The number of nitrogens with zero attached hydrogens (tertiary/aromatic N) is 1. The van der Waals surface area contributed by atoms with E-state index in [4.69, 9.17) is 21.1 Å². The highest BCUT2D eigenvalue weighted by atomic mass is 35.5. The summed E-state index contributed by atoms with van der Waals surface area (Å²) in [6.07, 6.45) is 2.65. The first-order valence-electron chi connectivity index (χ1n) is 10.6. The lowest BCUT2D eigenvalue weighted by atomic mass is 10.0. The number of ether oxygens (including phenoxy) is 2. The first kappa shape index (κ1) is 22.9. The Balaban J connectivity index is 1.29. The van der Waals surface area contributed by atoms with Gasteiger partial charge in [-0.15, -0.1) is 0 Å². The van der Waals surface area contributed by atoms with Crippen LogP contribution in [0.4, 0.5) is 0 Å². The zero-order chi connectivity index (χ0) is 22.1. The molecule has 7 heteroatoms. The van der Waals surface area contributed by atoms with Crippen LogP contribution in [0.3, 0.4) is 0 Å². The zero-order valence-electron chi connectivity index (χ0n) is 17.8. The van der Waals surface area contributed by atoms with Crippen LogP contribution in [-0.2, 0) is 9.59 Å². The van der Waals surface area contributed by atoms with Crippen LogP contribution >= 0.6 is 11.6 Å². The molecule has 2 amide bonds. The van der Waals surface area contributed by atoms with Crippen molar-refractivity contribution < 1.29 is 19.1 Å². The largest absolute Gasteiger partial charge is 0.493 e. The molecule has 2 aromatic carbocycles. The van der Waals surface area contributed by atoms with Crippen LogP contribution in [0.5, 0.6) is 11.5 Å². The summed E-state index contributed by atoms with van der Waals surface area (Å²) in [6, 6.07) is 14.8. The van der Waals surface area contributed by atoms with E-state index in [0.717, 1.165) is 24.2 Å². The van der Waals surface area contributed by atoms with Crippen molar-refractivity contribution in [2.24, 2.45) is 0 Å². The molecule has 1 fully saturated rings. The average molecular weight is 445 g/mol. The molecule has 166 valence electrons. The van der Waals surface area contributed by atoms with Gasteiger partial charge in [0.25, 0.3) is 5.91 Å². The standard InChI is InChI=1S/C24H29ClN2O4/c1-18-5-2-3-6-22(18)30-16-4-7-24(29)27-14-12-20(13-15-27)26-23(28)17-31-21-10-8-19(25)9-11-21/h2-3,5-6,8-11,20H,4,7,12-17H2,1H3,(H,26,28). The molecular weight excluding hydrogens is 416 g/mol. The molecule has 0 spiro atoms. The number of hydrogen-bond acceptors (Lipinski definition) is 4. The van der Waals surface area contributed by atoms with Crippen molar-refractivity contribution in [1.82, 2.24) is 10.2 Å². The Labute approximate surface area is 188 Å². The monoisotopic (exact) mass is 444 g/mol. The van der Waals surface area contributed by atoms with Gasteiger partial charge in [-0.3, -0.25) is 9.59 Å². The molecule has 6 nitrogen and oxygen atoms in total. The first-order valence-corrected chi connectivity index (χ1v) is 11.0. The number of carbonyl (C=O) groups excluding carboxylic acids is 2. The van der Waals surface area contributed by atoms with Gasteiger partial charge in [0.1, 0.15) is 11.5 Å². The number of carbonyl (C=O) groups is 2. The van der Waals surface area contributed by atoms with Crippen molar-refractivity contribution in [1.29, 1.82) is 0 Å². The van der Waals surface area contributed by atoms with Crippen LogP contribution in [-0.4, -0.2) is 49.1 Å². The summed E-state index contributed by atoms with van der Waals surface area (Å²) in [5.74, 6) is 1.45. The van der Waals surface area contributed by atoms with Gasteiger partial charge >= 0.3 is 0 Å². The van der Waals surface area contributed by atoms with E-state index in [0.29, 0.717) is 43.3 Å². The van der Waals surface area contributed by atoms with E-state index in [1.165, 1.54) is 0 Å². The highest BCUT2D eigenvalue weighted by molar-refractivity contribution is 6.30. The lowest BCUT2D eigenvalue weighted by Crippen LogP contribution is -2.47. The highest BCUT2D eigenvalue weighted by Gasteiger charge is 2.23. The summed E-state index contributed by atoms with van der Waals surface area (Å²) >= 11 is 5.83. The molecule has 0 aromatic heterocycles. The van der Waals surface area contributed by atoms with Crippen molar-refractivity contribution in [3.8, 4) is 11.5 Å². The van der Waals surface area contributed by atoms with Crippen LogP contribution in [0, 0.1) is 6.92 Å². The molecule has 0 radical (unpaired) electrons. The summed E-state index contributed by atoms with van der Waals surface area (Å²) < 4.78 is 11.2. The summed E-state index contributed by atoms with van der Waals surface area (Å²) in [6.45, 7) is 3.80. The molecular formula is C24H29ClN2O4. The lowest BCUT2D eigenvalue weighted by molar-refractivity contribution is -0.132. The predicted molar refractivity (Wildman–Crippen MR) is 121 cm³/mol. The Hall–Kier alpha value is -2.73. The number of aryl methyl sites for hydroxylation is 1. The van der Waals surface area contributed by atoms with Crippen molar-refractivity contribution in [3.63, 3.8) is 0 Å². The number of para-hydroxylation sites is 1. The molecule has 0 aliphatic carbocycles. The average Bonchev–Trinajstić information content (AvgIpc) is 2.78. The zero-order valence-corrected chi connectivity index (χ0v) is 18.6. The summed E-state index contributed by atoms with van der Waals surface area (Å²) in [5, 5.41) is 3.61. The fraction of sp³-hybridized carbons (Fsp3) is 0.417. The van der Waals surface area contributed by atoms with Crippen molar-refractivity contribution in [3.05, 3.63) is 59.1 Å². The minimum Gasteiger partial charge on any atom is -0.493 e. The SMILES string of the molecule is Cc1ccccc1OCCCC(=O)N1CCC(NC(=O)COc2ccc(Cl)cc2)CC1. The van der Waals surface area contributed by atoms with Crippen LogP contribution in [0.1, 0.15) is 31.2 Å². The van der Waals surface area contributed by atoms with E-state index in [-0.39, 0.29) is 24.5 Å². The van der Waals surface area contributed by atoms with Gasteiger partial charge in [-0.2, -0.15) is 0 Å². The summed E-state index contributed by atoms with van der Waals surface area (Å²) in [4.78, 5) is 26.4. The van der Waals surface area contributed by atoms with Crippen molar-refractivity contribution in [2.45, 2.75) is 38.6 Å². The number of halogens is 1. The van der Waals surface area contributed by atoms with Crippen LogP contribution in [0.15, 0.2) is 48.5 Å². The Kier molecular flexibility index (Phi) is 8.59. The number of piperidine rings is 1. The second kappa shape index (κ2) is 11.6. The molecule has 2 aromatic rings. The molecule has 1 N–H and O–H groups in total. The van der Waals surface area contributed by atoms with Crippen LogP contribution in [0.2, 0.25) is 5.02 Å². The molecule has 1 heterocycles. The van der Waals surface area contributed by atoms with Gasteiger partial charge in [0.05, 0.1) is 6.61 Å². The first-order chi connectivity index (χ1) is 15.0. The van der Waals surface area contributed by atoms with Gasteiger partial charge < -0.3 is 19.7 Å². The van der Waals surface area contributed by atoms with Crippen LogP contribution in [0.25, 0.3) is 0 Å². The fourth-order valence-electron chi connectivity index (χ4n) is 3.50. The molecule has 0 saturated carbocycles. The third kappa shape index (κ3) is 7.47. The normalized spacial score (nSPS) is 14.2. The Bertz CT molecular complexity index is 864. The third-order valence-electron chi connectivity index (χ3n) is 5.28. The number of hydrogen-bond donors (Lipinski definition) is 1. The van der Waals surface area contributed by atoms with Gasteiger partial charge in [-0.25, -0.2) is 0 Å². The molecule has 1 aliphatic heterocycles. The van der Waals surface area contributed by atoms with E-state index in [2.05, 4.69) is 5.32 Å². The Morgan fingerprint density at radius 1 is 1.06 bits per heavy atom. The van der Waals surface area contributed by atoms with E-state index in [1.54, 1.807) is 24.3 Å². The maximum atomic E-state index is 12.4. The second-order valence-corrected chi connectivity index (χ2v) is 8.12.